The van der Waals surface area contributed by atoms with Crippen LogP contribution in [-0.4, -0.2) is 43.4 Å². The Kier molecular flexibility index (Phi) is 4.96. The number of hydrogen-bond acceptors (Lipinski definition) is 5. The van der Waals surface area contributed by atoms with E-state index in [1.54, 1.807) is 18.4 Å². The number of carbonyl (C=O) groups excluding carboxylic acids is 1. The van der Waals surface area contributed by atoms with Crippen LogP contribution in [-0.2, 0) is 9.53 Å². The average molecular weight is 334 g/mol. The van der Waals surface area contributed by atoms with Gasteiger partial charge in [-0.05, 0) is 43.5 Å². The lowest BCUT2D eigenvalue weighted by Crippen LogP contribution is -2.54. The molecule has 0 bridgehead atoms. The zero-order valence-corrected chi connectivity index (χ0v) is 14.0. The first-order chi connectivity index (χ1) is 11.1. The molecule has 3 N–H and O–H groups in total. The molecule has 1 fully saturated rings. The minimum atomic E-state index is -0.773. The van der Waals surface area contributed by atoms with Crippen molar-refractivity contribution in [2.75, 3.05) is 26.7 Å². The third kappa shape index (κ3) is 3.40. The first-order valence-electron chi connectivity index (χ1n) is 7.85. The highest BCUT2D eigenvalue weighted by Crippen LogP contribution is 2.30. The molecule has 5 nitrogen and oxygen atoms in total. The van der Waals surface area contributed by atoms with Gasteiger partial charge in [0.25, 0.3) is 5.91 Å². The summed E-state index contributed by atoms with van der Waals surface area (Å²) in [4.78, 5) is 13.4. The standard InChI is InChI=1S/C17H22N2O3S/c1-22-17(6-8-18-9-7-17)16(21)19-11-13(20)15-10-12-4-2-3-5-14(12)23-15/h2-5,10,13,18,20H,6-9,11H2,1H3,(H,19,21). The summed E-state index contributed by atoms with van der Waals surface area (Å²) in [6.45, 7) is 1.73. The molecule has 0 spiro atoms. The van der Waals surface area contributed by atoms with Gasteiger partial charge in [-0.3, -0.25) is 4.79 Å². The van der Waals surface area contributed by atoms with E-state index in [-0.39, 0.29) is 12.5 Å². The summed E-state index contributed by atoms with van der Waals surface area (Å²) in [6.07, 6.45) is 0.592. The van der Waals surface area contributed by atoms with Gasteiger partial charge in [0.05, 0.1) is 0 Å². The normalized spacial score (nSPS) is 18.7. The van der Waals surface area contributed by atoms with Gasteiger partial charge in [0.2, 0.25) is 0 Å². The largest absolute Gasteiger partial charge is 0.386 e. The van der Waals surface area contributed by atoms with E-state index in [1.807, 2.05) is 30.3 Å². The van der Waals surface area contributed by atoms with Crippen LogP contribution < -0.4 is 10.6 Å². The van der Waals surface area contributed by atoms with Crippen LogP contribution in [0.5, 0.6) is 0 Å². The summed E-state index contributed by atoms with van der Waals surface area (Å²) in [5.74, 6) is -0.137. The number of thiophene rings is 1. The first-order valence-corrected chi connectivity index (χ1v) is 8.67. The number of aliphatic hydroxyl groups excluding tert-OH is 1. The lowest BCUT2D eigenvalue weighted by Gasteiger charge is -2.35. The number of nitrogens with one attached hydrogen (secondary N) is 2. The molecule has 1 amide bonds. The number of fused-ring (bicyclic) bond motifs is 1. The Morgan fingerprint density at radius 3 is 2.87 bits per heavy atom. The van der Waals surface area contributed by atoms with Gasteiger partial charge < -0.3 is 20.5 Å². The highest BCUT2D eigenvalue weighted by atomic mass is 32.1. The van der Waals surface area contributed by atoms with Crippen LogP contribution in [0.15, 0.2) is 30.3 Å². The Morgan fingerprint density at radius 1 is 1.43 bits per heavy atom. The van der Waals surface area contributed by atoms with Crippen LogP contribution in [0, 0.1) is 0 Å². The number of hydrogen-bond donors (Lipinski definition) is 3. The topological polar surface area (TPSA) is 70.6 Å². The van der Waals surface area contributed by atoms with E-state index < -0.39 is 11.7 Å². The summed E-state index contributed by atoms with van der Waals surface area (Å²) in [5, 5.41) is 17.6. The van der Waals surface area contributed by atoms with Crippen molar-refractivity contribution >= 4 is 27.3 Å². The van der Waals surface area contributed by atoms with Crippen molar-refractivity contribution in [1.29, 1.82) is 0 Å². The quantitative estimate of drug-likeness (QED) is 0.780. The first kappa shape index (κ1) is 16.4. The molecule has 1 aliphatic heterocycles. The summed E-state index contributed by atoms with van der Waals surface area (Å²) in [5.41, 5.74) is -0.773. The molecule has 2 aromatic rings. The maximum atomic E-state index is 12.5. The van der Waals surface area contributed by atoms with Crippen molar-refractivity contribution in [3.05, 3.63) is 35.2 Å². The molecule has 3 rings (SSSR count). The molecule has 1 aromatic heterocycles. The Bertz CT molecular complexity index is 646. The van der Waals surface area contributed by atoms with Crippen molar-refractivity contribution < 1.29 is 14.6 Å². The van der Waals surface area contributed by atoms with Gasteiger partial charge in [-0.2, -0.15) is 0 Å². The molecule has 1 aliphatic rings. The van der Waals surface area contributed by atoms with E-state index >= 15 is 0 Å². The van der Waals surface area contributed by atoms with E-state index in [2.05, 4.69) is 10.6 Å². The number of carbonyl (C=O) groups is 1. The Labute approximate surface area is 139 Å². The molecule has 1 aromatic carbocycles. The molecular weight excluding hydrogens is 312 g/mol. The molecule has 6 heteroatoms. The van der Waals surface area contributed by atoms with Crippen LogP contribution in [0.25, 0.3) is 10.1 Å². The van der Waals surface area contributed by atoms with Gasteiger partial charge in [-0.15, -0.1) is 11.3 Å². The van der Waals surface area contributed by atoms with Crippen molar-refractivity contribution in [2.45, 2.75) is 24.5 Å². The third-order valence-electron chi connectivity index (χ3n) is 4.44. The minimum Gasteiger partial charge on any atom is -0.386 e. The molecule has 1 unspecified atom stereocenters. The maximum absolute atomic E-state index is 12.5. The fourth-order valence-corrected chi connectivity index (χ4v) is 4.02. The number of methoxy groups -OCH3 is 1. The molecule has 1 saturated heterocycles. The summed E-state index contributed by atoms with van der Waals surface area (Å²) in [7, 11) is 1.58. The van der Waals surface area contributed by atoms with E-state index in [9.17, 15) is 9.90 Å². The van der Waals surface area contributed by atoms with Gasteiger partial charge in [-0.25, -0.2) is 0 Å². The van der Waals surface area contributed by atoms with Crippen LogP contribution in [0.4, 0.5) is 0 Å². The van der Waals surface area contributed by atoms with E-state index in [0.717, 1.165) is 28.1 Å². The second-order valence-electron chi connectivity index (χ2n) is 5.86. The molecule has 23 heavy (non-hydrogen) atoms. The van der Waals surface area contributed by atoms with Gasteiger partial charge in [0.1, 0.15) is 11.7 Å². The molecule has 124 valence electrons. The third-order valence-corrected chi connectivity index (χ3v) is 5.66. The van der Waals surface area contributed by atoms with Gasteiger partial charge in [-0.1, -0.05) is 18.2 Å². The fourth-order valence-electron chi connectivity index (χ4n) is 2.97. The number of rotatable bonds is 5. The second-order valence-corrected chi connectivity index (χ2v) is 6.98. The Morgan fingerprint density at radius 2 is 2.17 bits per heavy atom. The molecule has 1 atom stereocenters. The van der Waals surface area contributed by atoms with Crippen molar-refractivity contribution in [3.8, 4) is 0 Å². The van der Waals surface area contributed by atoms with Crippen LogP contribution in [0.2, 0.25) is 0 Å². The van der Waals surface area contributed by atoms with Crippen molar-refractivity contribution in [1.82, 2.24) is 10.6 Å². The lowest BCUT2D eigenvalue weighted by atomic mass is 9.91. The Balaban J connectivity index is 1.63. The number of piperidine rings is 1. The van der Waals surface area contributed by atoms with Crippen LogP contribution >= 0.6 is 11.3 Å². The predicted molar refractivity (Wildman–Crippen MR) is 91.6 cm³/mol. The van der Waals surface area contributed by atoms with E-state index in [0.29, 0.717) is 12.8 Å². The number of amides is 1. The highest BCUT2D eigenvalue weighted by Gasteiger charge is 2.39. The summed E-state index contributed by atoms with van der Waals surface area (Å²) in [6, 6.07) is 10.00. The van der Waals surface area contributed by atoms with E-state index in [1.165, 1.54) is 0 Å². The predicted octanol–water partition coefficient (Wildman–Crippen LogP) is 1.82. The zero-order chi connectivity index (χ0) is 16.3. The maximum Gasteiger partial charge on any atom is 0.252 e. The molecule has 0 saturated carbocycles. The van der Waals surface area contributed by atoms with Gasteiger partial charge in [0, 0.05) is 23.2 Å². The SMILES string of the molecule is COC1(C(=O)NCC(O)c2cc3ccccc3s2)CCNCC1. The van der Waals surface area contributed by atoms with Crippen LogP contribution in [0.3, 0.4) is 0 Å². The number of benzene rings is 1. The summed E-state index contributed by atoms with van der Waals surface area (Å²) < 4.78 is 6.63. The van der Waals surface area contributed by atoms with Crippen LogP contribution in [0.1, 0.15) is 23.8 Å². The van der Waals surface area contributed by atoms with E-state index in [4.69, 9.17) is 4.74 Å². The fraction of sp³-hybridized carbons (Fsp3) is 0.471. The lowest BCUT2D eigenvalue weighted by molar-refractivity contribution is -0.147. The zero-order valence-electron chi connectivity index (χ0n) is 13.2. The average Bonchev–Trinajstić information content (AvgIpc) is 3.04. The highest BCUT2D eigenvalue weighted by molar-refractivity contribution is 7.19. The molecular formula is C17H22N2O3S. The van der Waals surface area contributed by atoms with Gasteiger partial charge >= 0.3 is 0 Å². The molecule has 2 heterocycles. The Hall–Kier alpha value is -1.47. The minimum absolute atomic E-state index is 0.137. The van der Waals surface area contributed by atoms with Gasteiger partial charge in [0.15, 0.2) is 0 Å². The number of aliphatic hydroxyl groups is 1. The molecule has 0 radical (unpaired) electrons. The summed E-state index contributed by atoms with van der Waals surface area (Å²) >= 11 is 1.55. The number of ether oxygens (including phenoxy) is 1. The van der Waals surface area contributed by atoms with Crippen molar-refractivity contribution in [2.24, 2.45) is 0 Å². The van der Waals surface area contributed by atoms with Crippen molar-refractivity contribution in [3.63, 3.8) is 0 Å². The monoisotopic (exact) mass is 334 g/mol. The smallest absolute Gasteiger partial charge is 0.252 e. The molecule has 0 aliphatic carbocycles. The second kappa shape index (κ2) is 6.97.